The van der Waals surface area contributed by atoms with Crippen molar-refractivity contribution in [2.24, 2.45) is 0 Å². The molecule has 1 fully saturated rings. The van der Waals surface area contributed by atoms with E-state index < -0.39 is 0 Å². The van der Waals surface area contributed by atoms with Gasteiger partial charge in [-0.3, -0.25) is 4.79 Å². The first-order valence-electron chi connectivity index (χ1n) is 7.25. The Morgan fingerprint density at radius 3 is 2.52 bits per heavy atom. The van der Waals surface area contributed by atoms with E-state index in [1.54, 1.807) is 7.11 Å². The summed E-state index contributed by atoms with van der Waals surface area (Å²) in [5, 5.41) is 3.39. The number of carbonyl (C=O) groups excluding carboxylic acids is 1. The number of likely N-dealkylation sites (N-methyl/N-ethyl adjacent to an activating group) is 1. The quantitative estimate of drug-likeness (QED) is 0.908. The van der Waals surface area contributed by atoms with Crippen LogP contribution in [0.5, 0.6) is 5.75 Å². The van der Waals surface area contributed by atoms with E-state index in [2.05, 4.69) is 12.2 Å². The Morgan fingerprint density at radius 1 is 1.38 bits per heavy atom. The number of nitrogens with one attached hydrogen (secondary N) is 1. The molecule has 0 saturated carbocycles. The van der Waals surface area contributed by atoms with E-state index in [1.165, 1.54) is 0 Å². The summed E-state index contributed by atoms with van der Waals surface area (Å²) in [6.07, 6.45) is 2.87. The van der Waals surface area contributed by atoms with Crippen molar-refractivity contribution in [1.29, 1.82) is 0 Å². The van der Waals surface area contributed by atoms with E-state index in [0.717, 1.165) is 37.1 Å². The molecule has 0 spiro atoms. The fourth-order valence-corrected chi connectivity index (χ4v) is 2.88. The first-order valence-corrected chi connectivity index (χ1v) is 7.25. The molecule has 1 atom stereocenters. The molecule has 1 aromatic rings. The number of amides is 1. The molecule has 1 saturated heterocycles. The first kappa shape index (κ1) is 17.8. The number of methoxy groups -OCH3 is 1. The first-order chi connectivity index (χ1) is 9.61. The van der Waals surface area contributed by atoms with E-state index in [0.29, 0.717) is 6.54 Å². The smallest absolute Gasteiger partial charge is 0.242 e. The van der Waals surface area contributed by atoms with E-state index in [4.69, 9.17) is 4.74 Å². The third-order valence-corrected chi connectivity index (χ3v) is 4.18. The average molecular weight is 313 g/mol. The summed E-state index contributed by atoms with van der Waals surface area (Å²) in [7, 11) is 3.53. The van der Waals surface area contributed by atoms with Gasteiger partial charge in [-0.05, 0) is 43.5 Å². The second-order valence-corrected chi connectivity index (χ2v) is 5.48. The number of nitrogens with zero attached hydrogens (tertiary/aromatic N) is 1. The lowest BCUT2D eigenvalue weighted by atomic mass is 9.92. The highest BCUT2D eigenvalue weighted by Gasteiger charge is 2.40. The number of hydrogen-bond acceptors (Lipinski definition) is 3. The number of carbonyl (C=O) groups is 1. The fraction of sp³-hybridized carbons (Fsp3) is 0.562. The molecule has 1 heterocycles. The zero-order chi connectivity index (χ0) is 14.6. The number of hydrogen-bond donors (Lipinski definition) is 1. The molecule has 0 aromatic heterocycles. The molecule has 5 heteroatoms. The van der Waals surface area contributed by atoms with Crippen molar-refractivity contribution in [2.75, 3.05) is 20.7 Å². The van der Waals surface area contributed by atoms with Crippen molar-refractivity contribution in [3.63, 3.8) is 0 Å². The van der Waals surface area contributed by atoms with E-state index in [-0.39, 0.29) is 23.9 Å². The zero-order valence-corrected chi connectivity index (χ0v) is 13.8. The Hall–Kier alpha value is -1.26. The van der Waals surface area contributed by atoms with Crippen LogP contribution in [-0.2, 0) is 11.3 Å². The zero-order valence-electron chi connectivity index (χ0n) is 13.0. The Labute approximate surface area is 133 Å². The van der Waals surface area contributed by atoms with Crippen LogP contribution in [0.25, 0.3) is 0 Å². The summed E-state index contributed by atoms with van der Waals surface area (Å²) >= 11 is 0. The van der Waals surface area contributed by atoms with Gasteiger partial charge in [0.15, 0.2) is 0 Å². The number of rotatable bonds is 5. The lowest BCUT2D eigenvalue weighted by Gasteiger charge is -2.32. The van der Waals surface area contributed by atoms with Gasteiger partial charge >= 0.3 is 0 Å². The van der Waals surface area contributed by atoms with Crippen LogP contribution in [0.3, 0.4) is 0 Å². The predicted octanol–water partition coefficient (Wildman–Crippen LogP) is 2.61. The van der Waals surface area contributed by atoms with Crippen molar-refractivity contribution < 1.29 is 9.53 Å². The number of halogens is 1. The molecule has 0 bridgehead atoms. The van der Waals surface area contributed by atoms with Crippen LogP contribution < -0.4 is 10.1 Å². The molecule has 118 valence electrons. The molecule has 0 radical (unpaired) electrons. The highest BCUT2D eigenvalue weighted by atomic mass is 35.5. The van der Waals surface area contributed by atoms with E-state index >= 15 is 0 Å². The van der Waals surface area contributed by atoms with Crippen LogP contribution >= 0.6 is 12.4 Å². The molecule has 1 aromatic carbocycles. The third kappa shape index (κ3) is 3.89. The largest absolute Gasteiger partial charge is 0.497 e. The third-order valence-electron chi connectivity index (χ3n) is 4.18. The minimum Gasteiger partial charge on any atom is -0.497 e. The number of ether oxygens (including phenoxy) is 1. The van der Waals surface area contributed by atoms with Gasteiger partial charge in [0.25, 0.3) is 0 Å². The minimum atomic E-state index is -0.346. The van der Waals surface area contributed by atoms with Gasteiger partial charge in [-0.25, -0.2) is 0 Å². The van der Waals surface area contributed by atoms with Crippen molar-refractivity contribution in [2.45, 2.75) is 38.3 Å². The Bertz CT molecular complexity index is 456. The highest BCUT2D eigenvalue weighted by Crippen LogP contribution is 2.25. The summed E-state index contributed by atoms with van der Waals surface area (Å²) in [6.45, 7) is 3.65. The molecule has 2 rings (SSSR count). The summed E-state index contributed by atoms with van der Waals surface area (Å²) < 4.78 is 5.15. The van der Waals surface area contributed by atoms with Crippen molar-refractivity contribution >= 4 is 18.3 Å². The van der Waals surface area contributed by atoms with Crippen LogP contribution in [-0.4, -0.2) is 37.0 Å². The lowest BCUT2D eigenvalue weighted by molar-refractivity contribution is -0.137. The molecule has 1 aliphatic rings. The van der Waals surface area contributed by atoms with Crippen molar-refractivity contribution in [3.05, 3.63) is 29.8 Å². The monoisotopic (exact) mass is 312 g/mol. The van der Waals surface area contributed by atoms with E-state index in [9.17, 15) is 4.79 Å². The normalized spacial score (nSPS) is 20.7. The van der Waals surface area contributed by atoms with Gasteiger partial charge in [0.1, 0.15) is 5.75 Å². The van der Waals surface area contributed by atoms with Gasteiger partial charge < -0.3 is 15.0 Å². The average Bonchev–Trinajstić information content (AvgIpc) is 2.97. The maximum Gasteiger partial charge on any atom is 0.242 e. The standard InChI is InChI=1S/C16H24N2O2.ClH/c1-4-16(10-5-11-17-16)15(19)18(2)12-13-6-8-14(20-3)9-7-13;/h6-9,17H,4-5,10-12H2,1-3H3;1H. The lowest BCUT2D eigenvalue weighted by Crippen LogP contribution is -2.53. The Kier molecular flexibility index (Phi) is 6.49. The maximum atomic E-state index is 12.7. The van der Waals surface area contributed by atoms with Crippen molar-refractivity contribution in [1.82, 2.24) is 10.2 Å². The van der Waals surface area contributed by atoms with Crippen LogP contribution in [0, 0.1) is 0 Å². The number of benzene rings is 1. The second kappa shape index (κ2) is 7.66. The maximum absolute atomic E-state index is 12.7. The molecular weight excluding hydrogens is 288 g/mol. The summed E-state index contributed by atoms with van der Waals surface area (Å²) in [6, 6.07) is 7.86. The molecular formula is C16H25ClN2O2. The van der Waals surface area contributed by atoms with Gasteiger partial charge in [-0.2, -0.15) is 0 Å². The summed E-state index contributed by atoms with van der Waals surface area (Å²) in [4.78, 5) is 14.5. The van der Waals surface area contributed by atoms with Gasteiger partial charge in [0.2, 0.25) is 5.91 Å². The fourth-order valence-electron chi connectivity index (χ4n) is 2.88. The molecule has 21 heavy (non-hydrogen) atoms. The molecule has 1 amide bonds. The van der Waals surface area contributed by atoms with Crippen LogP contribution in [0.4, 0.5) is 0 Å². The topological polar surface area (TPSA) is 41.6 Å². The summed E-state index contributed by atoms with van der Waals surface area (Å²) in [5.41, 5.74) is 0.771. The van der Waals surface area contributed by atoms with Crippen LogP contribution in [0.2, 0.25) is 0 Å². The van der Waals surface area contributed by atoms with Gasteiger partial charge in [0.05, 0.1) is 12.6 Å². The van der Waals surface area contributed by atoms with Gasteiger partial charge in [-0.1, -0.05) is 19.1 Å². The molecule has 1 unspecified atom stereocenters. The Morgan fingerprint density at radius 2 is 2.05 bits per heavy atom. The van der Waals surface area contributed by atoms with Crippen molar-refractivity contribution in [3.8, 4) is 5.75 Å². The minimum absolute atomic E-state index is 0. The SMILES string of the molecule is CCC1(C(=O)N(C)Cc2ccc(OC)cc2)CCCN1.Cl. The van der Waals surface area contributed by atoms with Crippen LogP contribution in [0.1, 0.15) is 31.7 Å². The second-order valence-electron chi connectivity index (χ2n) is 5.48. The molecule has 0 aliphatic carbocycles. The van der Waals surface area contributed by atoms with Gasteiger partial charge in [-0.15, -0.1) is 12.4 Å². The summed E-state index contributed by atoms with van der Waals surface area (Å²) in [5.74, 6) is 1.04. The Balaban J connectivity index is 0.00000220. The van der Waals surface area contributed by atoms with Crippen LogP contribution in [0.15, 0.2) is 24.3 Å². The predicted molar refractivity (Wildman–Crippen MR) is 87.0 cm³/mol. The molecule has 1 aliphatic heterocycles. The highest BCUT2D eigenvalue weighted by molar-refractivity contribution is 5.86. The van der Waals surface area contributed by atoms with Gasteiger partial charge in [0, 0.05) is 13.6 Å². The van der Waals surface area contributed by atoms with E-state index in [1.807, 2.05) is 36.2 Å². The molecule has 4 nitrogen and oxygen atoms in total. The molecule has 1 N–H and O–H groups in total.